The van der Waals surface area contributed by atoms with E-state index in [0.717, 1.165) is 14.5 Å². The molecule has 2 aliphatic rings. The van der Waals surface area contributed by atoms with Gasteiger partial charge in [0.2, 0.25) is 0 Å². The molecule has 166 valence electrons. The third kappa shape index (κ3) is 5.66. The molecule has 2 fully saturated rings. The van der Waals surface area contributed by atoms with Crippen molar-refractivity contribution in [1.82, 2.24) is 0 Å². The van der Waals surface area contributed by atoms with Crippen LogP contribution in [0.4, 0.5) is 0 Å². The molecular formula is C24H26Br2O5. The predicted molar refractivity (Wildman–Crippen MR) is 125 cm³/mol. The smallest absolute Gasteiger partial charge is 0.191 e. The summed E-state index contributed by atoms with van der Waals surface area (Å²) in [6.45, 7) is 4.94. The fourth-order valence-corrected chi connectivity index (χ4v) is 4.75. The second-order valence-corrected chi connectivity index (χ2v) is 10.9. The zero-order valence-electron chi connectivity index (χ0n) is 17.5. The van der Waals surface area contributed by atoms with Crippen molar-refractivity contribution in [2.24, 2.45) is 0 Å². The Morgan fingerprint density at radius 3 is 2.13 bits per heavy atom. The molecule has 0 N–H and O–H groups in total. The minimum atomic E-state index is -0.891. The molecular weight excluding hydrogens is 528 g/mol. The summed E-state index contributed by atoms with van der Waals surface area (Å²) >= 11 is 6.97. The van der Waals surface area contributed by atoms with Gasteiger partial charge >= 0.3 is 0 Å². The van der Waals surface area contributed by atoms with Crippen molar-refractivity contribution in [3.8, 4) is 0 Å². The van der Waals surface area contributed by atoms with E-state index in [0.29, 0.717) is 13.2 Å². The lowest BCUT2D eigenvalue weighted by Crippen LogP contribution is -2.48. The first-order valence-corrected chi connectivity index (χ1v) is 11.8. The summed E-state index contributed by atoms with van der Waals surface area (Å²) in [6.07, 6.45) is 0.563. The summed E-state index contributed by atoms with van der Waals surface area (Å²) in [6, 6.07) is 20.1. The zero-order chi connectivity index (χ0) is 21.9. The monoisotopic (exact) mass is 552 g/mol. The molecule has 5 nitrogen and oxygen atoms in total. The number of halogens is 2. The molecule has 0 unspecified atom stereocenters. The molecule has 2 aromatic rings. The number of ether oxygens (including phenoxy) is 5. The number of benzene rings is 2. The Morgan fingerprint density at radius 2 is 1.52 bits per heavy atom. The van der Waals surface area contributed by atoms with Crippen molar-refractivity contribution in [2.75, 3.05) is 6.61 Å². The fraction of sp³-hybridized carbons (Fsp3) is 0.417. The molecule has 0 aliphatic carbocycles. The van der Waals surface area contributed by atoms with Crippen molar-refractivity contribution in [3.05, 3.63) is 81.3 Å². The summed E-state index contributed by atoms with van der Waals surface area (Å²) in [5.41, 5.74) is 1.27. The second kappa shape index (κ2) is 9.83. The van der Waals surface area contributed by atoms with Gasteiger partial charge < -0.3 is 23.7 Å². The summed E-state index contributed by atoms with van der Waals surface area (Å²) < 4.78 is 31.9. The first-order chi connectivity index (χ1) is 14.9. The molecule has 0 aromatic heterocycles. The first kappa shape index (κ1) is 23.1. The summed E-state index contributed by atoms with van der Waals surface area (Å²) in [5.74, 6) is -0.740. The van der Waals surface area contributed by atoms with Gasteiger partial charge in [0.15, 0.2) is 12.1 Å². The van der Waals surface area contributed by atoms with Gasteiger partial charge in [0.1, 0.15) is 17.8 Å². The molecule has 4 rings (SSSR count). The topological polar surface area (TPSA) is 46.2 Å². The average Bonchev–Trinajstić information content (AvgIpc) is 3.15. The maximum atomic E-state index is 6.42. The van der Waals surface area contributed by atoms with Gasteiger partial charge in [-0.1, -0.05) is 60.7 Å². The molecule has 0 bridgehead atoms. The third-order valence-corrected chi connectivity index (χ3v) is 5.73. The second-order valence-electron chi connectivity index (χ2n) is 8.17. The van der Waals surface area contributed by atoms with Crippen molar-refractivity contribution in [2.45, 2.75) is 56.9 Å². The summed E-state index contributed by atoms with van der Waals surface area (Å²) in [7, 11) is 0. The maximum Gasteiger partial charge on any atom is 0.191 e. The lowest BCUT2D eigenvalue weighted by Gasteiger charge is -2.34. The average molecular weight is 554 g/mol. The number of rotatable bonds is 8. The zero-order valence-corrected chi connectivity index (χ0v) is 20.7. The lowest BCUT2D eigenvalue weighted by atomic mass is 9.95. The molecule has 4 atom stereocenters. The molecule has 2 saturated heterocycles. The van der Waals surface area contributed by atoms with E-state index in [9.17, 15) is 0 Å². The largest absolute Gasteiger partial charge is 0.373 e. The molecule has 2 aromatic carbocycles. The molecule has 2 heterocycles. The standard InChI is InChI=1S/C24H26Br2O5/c1-23(2)29-20-21(28-15-18-11-7-4-8-12-18)24(13-19(25)26,31-22(20)30-23)16-27-14-17-9-5-3-6-10-17/h3-13,20-22H,14-16H2,1-2H3/t20-,21+,22+,24-/m1/s1. The first-order valence-electron chi connectivity index (χ1n) is 10.2. The normalized spacial score (nSPS) is 29.0. The van der Waals surface area contributed by atoms with Crippen LogP contribution in [0.2, 0.25) is 0 Å². The van der Waals surface area contributed by atoms with Crippen LogP contribution in [0, 0.1) is 0 Å². The highest BCUT2D eigenvalue weighted by Gasteiger charge is 2.62. The highest BCUT2D eigenvalue weighted by Crippen LogP contribution is 2.46. The van der Waals surface area contributed by atoms with Gasteiger partial charge in [-0.15, -0.1) is 0 Å². The van der Waals surface area contributed by atoms with E-state index in [-0.39, 0.29) is 12.7 Å². The Bertz CT molecular complexity index is 885. The Morgan fingerprint density at radius 1 is 0.903 bits per heavy atom. The van der Waals surface area contributed by atoms with Gasteiger partial charge in [-0.25, -0.2) is 0 Å². The molecule has 31 heavy (non-hydrogen) atoms. The van der Waals surface area contributed by atoms with E-state index < -0.39 is 23.8 Å². The van der Waals surface area contributed by atoms with Gasteiger partial charge in [0.25, 0.3) is 0 Å². The Kier molecular flexibility index (Phi) is 7.33. The molecule has 0 saturated carbocycles. The molecule has 0 amide bonds. The number of hydrogen-bond donors (Lipinski definition) is 0. The van der Waals surface area contributed by atoms with E-state index in [4.69, 9.17) is 23.7 Å². The molecule has 0 radical (unpaired) electrons. The maximum absolute atomic E-state index is 6.42. The Hall–Kier alpha value is -1.06. The summed E-state index contributed by atoms with van der Waals surface area (Å²) in [5, 5.41) is 0. The number of fused-ring (bicyclic) bond motifs is 1. The Labute approximate surface area is 199 Å². The molecule has 0 spiro atoms. The van der Waals surface area contributed by atoms with Crippen LogP contribution in [0.1, 0.15) is 25.0 Å². The van der Waals surface area contributed by atoms with Crippen LogP contribution < -0.4 is 0 Å². The Balaban J connectivity index is 1.56. The molecule has 2 aliphatic heterocycles. The van der Waals surface area contributed by atoms with Crippen molar-refractivity contribution >= 4 is 31.9 Å². The lowest BCUT2D eigenvalue weighted by molar-refractivity contribution is -0.243. The minimum absolute atomic E-state index is 0.280. The summed E-state index contributed by atoms with van der Waals surface area (Å²) in [4.78, 5) is 0. The highest BCUT2D eigenvalue weighted by molar-refractivity contribution is 9.28. The van der Waals surface area contributed by atoms with Crippen LogP contribution in [0.3, 0.4) is 0 Å². The van der Waals surface area contributed by atoms with Crippen LogP contribution in [0.5, 0.6) is 0 Å². The molecule has 7 heteroatoms. The number of hydrogen-bond acceptors (Lipinski definition) is 5. The minimum Gasteiger partial charge on any atom is -0.373 e. The van der Waals surface area contributed by atoms with E-state index in [1.807, 2.05) is 80.6 Å². The van der Waals surface area contributed by atoms with Crippen LogP contribution in [-0.2, 0) is 36.9 Å². The van der Waals surface area contributed by atoms with Crippen molar-refractivity contribution in [3.63, 3.8) is 0 Å². The van der Waals surface area contributed by atoms with E-state index >= 15 is 0 Å². The van der Waals surface area contributed by atoms with Crippen molar-refractivity contribution < 1.29 is 23.7 Å². The van der Waals surface area contributed by atoms with Gasteiger partial charge in [0.05, 0.1) is 23.2 Å². The quantitative estimate of drug-likeness (QED) is 0.421. The SMILES string of the molecule is CC1(C)O[C@H]2O[C@](C=C(Br)Br)(COCc3ccccc3)[C@@H](OCc3ccccc3)[C@H]2O1. The van der Waals surface area contributed by atoms with Crippen LogP contribution in [-0.4, -0.2) is 36.5 Å². The van der Waals surface area contributed by atoms with Crippen LogP contribution >= 0.6 is 31.9 Å². The van der Waals surface area contributed by atoms with E-state index in [1.54, 1.807) is 0 Å². The van der Waals surface area contributed by atoms with Gasteiger partial charge in [-0.2, -0.15) is 0 Å². The van der Waals surface area contributed by atoms with Gasteiger partial charge in [-0.05, 0) is 62.9 Å². The van der Waals surface area contributed by atoms with E-state index in [1.165, 1.54) is 0 Å². The van der Waals surface area contributed by atoms with Gasteiger partial charge in [-0.3, -0.25) is 0 Å². The predicted octanol–water partition coefficient (Wildman–Crippen LogP) is 5.67. The highest BCUT2D eigenvalue weighted by atomic mass is 79.9. The third-order valence-electron chi connectivity index (χ3n) is 5.27. The van der Waals surface area contributed by atoms with Crippen LogP contribution in [0.25, 0.3) is 0 Å². The fourth-order valence-electron chi connectivity index (χ4n) is 3.97. The van der Waals surface area contributed by atoms with Crippen LogP contribution in [0.15, 0.2) is 70.1 Å². The van der Waals surface area contributed by atoms with Crippen molar-refractivity contribution in [1.29, 1.82) is 0 Å². The van der Waals surface area contributed by atoms with Gasteiger partial charge in [0, 0.05) is 0 Å². The van der Waals surface area contributed by atoms with E-state index in [2.05, 4.69) is 31.9 Å².